The number of nitrogens with one attached hydrogen (secondary N) is 1. The lowest BCUT2D eigenvalue weighted by molar-refractivity contribution is 0.102. The van der Waals surface area contributed by atoms with Gasteiger partial charge in [-0.2, -0.15) is 0 Å². The first kappa shape index (κ1) is 23.5. The van der Waals surface area contributed by atoms with Gasteiger partial charge in [0, 0.05) is 17.5 Å². The summed E-state index contributed by atoms with van der Waals surface area (Å²) in [7, 11) is 0. The Bertz CT molecular complexity index is 1080. The van der Waals surface area contributed by atoms with E-state index < -0.39 is 5.91 Å². The number of halogens is 3. The highest BCUT2D eigenvalue weighted by Gasteiger charge is 2.14. The summed E-state index contributed by atoms with van der Waals surface area (Å²) in [4.78, 5) is 12.5. The fraction of sp³-hybridized carbons (Fsp3) is 0.174. The molecule has 0 aliphatic carbocycles. The zero-order valence-electron chi connectivity index (χ0n) is 16.6. The highest BCUT2D eigenvalue weighted by atomic mass is 127. The van der Waals surface area contributed by atoms with E-state index in [-0.39, 0.29) is 15.4 Å². The number of phenols is 1. The maximum absolute atomic E-state index is 12.5. The van der Waals surface area contributed by atoms with Gasteiger partial charge in [-0.05, 0) is 71.5 Å². The Morgan fingerprint density at radius 3 is 2.68 bits per heavy atom. The van der Waals surface area contributed by atoms with Gasteiger partial charge in [-0.1, -0.05) is 41.4 Å². The van der Waals surface area contributed by atoms with Crippen molar-refractivity contribution in [3.05, 3.63) is 81.8 Å². The number of hydrogen-bond donors (Lipinski definition) is 2. The molecule has 8 heteroatoms. The van der Waals surface area contributed by atoms with Gasteiger partial charge >= 0.3 is 0 Å². The molecule has 0 bridgehead atoms. The number of ether oxygens (including phenoxy) is 2. The van der Waals surface area contributed by atoms with Crippen LogP contribution in [0, 0.1) is 0 Å². The van der Waals surface area contributed by atoms with E-state index >= 15 is 0 Å². The first-order valence-corrected chi connectivity index (χ1v) is 11.4. The molecule has 0 aliphatic rings. The Hall–Kier alpha value is -2.16. The van der Waals surface area contributed by atoms with Crippen LogP contribution >= 0.6 is 45.8 Å². The second-order valence-electron chi connectivity index (χ2n) is 6.62. The number of para-hydroxylation sites is 1. The van der Waals surface area contributed by atoms with Crippen LogP contribution in [0.4, 0.5) is 5.69 Å². The summed E-state index contributed by atoms with van der Waals surface area (Å²) in [6, 6.07) is 17.1. The van der Waals surface area contributed by atoms with Gasteiger partial charge in [0.2, 0.25) is 0 Å². The standard InChI is InChI=1S/C23H20Cl2INO4/c1-14(26)31-22-5-3-2-4-15(22)10-11-30-17-7-8-19(25)20(13-17)27-23(29)18-12-16(24)6-9-21(18)28/h2-9,12-14,28H,10-11H2,1H3,(H,27,29). The van der Waals surface area contributed by atoms with Crippen LogP contribution in [-0.4, -0.2) is 21.7 Å². The molecular formula is C23H20Cl2INO4. The molecule has 0 spiro atoms. The van der Waals surface area contributed by atoms with Crippen molar-refractivity contribution in [1.82, 2.24) is 0 Å². The van der Waals surface area contributed by atoms with Crippen LogP contribution in [0.5, 0.6) is 17.2 Å². The summed E-state index contributed by atoms with van der Waals surface area (Å²) in [6.45, 7) is 2.39. The van der Waals surface area contributed by atoms with Gasteiger partial charge < -0.3 is 19.9 Å². The molecule has 3 aromatic carbocycles. The molecule has 3 rings (SSSR count). The van der Waals surface area contributed by atoms with Crippen LogP contribution in [0.3, 0.4) is 0 Å². The van der Waals surface area contributed by atoms with E-state index in [1.165, 1.54) is 18.2 Å². The molecule has 0 saturated heterocycles. The zero-order valence-corrected chi connectivity index (χ0v) is 20.2. The van der Waals surface area contributed by atoms with Crippen LogP contribution in [0.1, 0.15) is 22.8 Å². The number of rotatable bonds is 8. The summed E-state index contributed by atoms with van der Waals surface area (Å²) in [5.74, 6) is 0.680. The predicted molar refractivity (Wildman–Crippen MR) is 132 cm³/mol. The molecule has 0 radical (unpaired) electrons. The molecule has 5 nitrogen and oxygen atoms in total. The summed E-state index contributed by atoms with van der Waals surface area (Å²) in [6.07, 6.45) is 0.653. The quantitative estimate of drug-likeness (QED) is 0.232. The second kappa shape index (κ2) is 10.9. The molecule has 1 unspecified atom stereocenters. The van der Waals surface area contributed by atoms with Gasteiger partial charge in [0.25, 0.3) is 5.91 Å². The largest absolute Gasteiger partial charge is 0.507 e. The molecule has 1 atom stereocenters. The van der Waals surface area contributed by atoms with Crippen molar-refractivity contribution < 1.29 is 19.4 Å². The number of anilines is 1. The van der Waals surface area contributed by atoms with E-state index in [4.69, 9.17) is 32.7 Å². The van der Waals surface area contributed by atoms with E-state index in [2.05, 4.69) is 27.9 Å². The normalized spacial score (nSPS) is 11.6. The molecule has 0 heterocycles. The van der Waals surface area contributed by atoms with E-state index in [0.29, 0.717) is 34.5 Å². The minimum atomic E-state index is -0.530. The van der Waals surface area contributed by atoms with Crippen LogP contribution in [-0.2, 0) is 6.42 Å². The van der Waals surface area contributed by atoms with Crippen LogP contribution < -0.4 is 14.8 Å². The molecule has 31 heavy (non-hydrogen) atoms. The van der Waals surface area contributed by atoms with Crippen molar-refractivity contribution in [2.24, 2.45) is 0 Å². The van der Waals surface area contributed by atoms with Gasteiger partial charge in [0.05, 0.1) is 22.9 Å². The minimum Gasteiger partial charge on any atom is -0.507 e. The molecule has 1 amide bonds. The smallest absolute Gasteiger partial charge is 0.259 e. The van der Waals surface area contributed by atoms with Crippen LogP contribution in [0.25, 0.3) is 0 Å². The number of alkyl halides is 1. The Morgan fingerprint density at radius 1 is 1.13 bits per heavy atom. The first-order valence-electron chi connectivity index (χ1n) is 9.44. The lowest BCUT2D eigenvalue weighted by atomic mass is 10.1. The van der Waals surface area contributed by atoms with E-state index in [9.17, 15) is 9.90 Å². The van der Waals surface area contributed by atoms with Crippen LogP contribution in [0.2, 0.25) is 10.0 Å². The maximum Gasteiger partial charge on any atom is 0.259 e. The topological polar surface area (TPSA) is 67.8 Å². The maximum atomic E-state index is 12.5. The van der Waals surface area contributed by atoms with Gasteiger partial charge in [-0.25, -0.2) is 0 Å². The van der Waals surface area contributed by atoms with Crippen molar-refractivity contribution in [2.75, 3.05) is 11.9 Å². The third-order valence-corrected chi connectivity index (χ3v) is 5.11. The fourth-order valence-electron chi connectivity index (χ4n) is 2.85. The SMILES string of the molecule is CC(I)Oc1ccccc1CCOc1ccc(Cl)c(NC(=O)c2cc(Cl)ccc2O)c1. The van der Waals surface area contributed by atoms with E-state index in [0.717, 1.165) is 11.3 Å². The average Bonchev–Trinajstić information content (AvgIpc) is 2.73. The minimum absolute atomic E-state index is 0.0518. The molecule has 0 fully saturated rings. The second-order valence-corrected chi connectivity index (χ2v) is 9.22. The number of hydrogen-bond acceptors (Lipinski definition) is 4. The van der Waals surface area contributed by atoms with Gasteiger partial charge in [0.15, 0.2) is 0 Å². The number of benzene rings is 3. The summed E-state index contributed by atoms with van der Waals surface area (Å²) in [5.41, 5.74) is 1.46. The molecule has 0 aromatic heterocycles. The van der Waals surface area contributed by atoms with Crippen molar-refractivity contribution in [3.8, 4) is 17.2 Å². The Labute approximate surface area is 204 Å². The number of amides is 1. The summed E-state index contributed by atoms with van der Waals surface area (Å²) >= 11 is 14.4. The Balaban J connectivity index is 1.66. The molecule has 0 saturated carbocycles. The molecule has 2 N–H and O–H groups in total. The monoisotopic (exact) mass is 571 g/mol. The highest BCUT2D eigenvalue weighted by molar-refractivity contribution is 14.1. The highest BCUT2D eigenvalue weighted by Crippen LogP contribution is 2.29. The molecule has 0 aliphatic heterocycles. The molecule has 162 valence electrons. The zero-order chi connectivity index (χ0) is 22.4. The van der Waals surface area contributed by atoms with Crippen molar-refractivity contribution in [1.29, 1.82) is 0 Å². The van der Waals surface area contributed by atoms with Crippen molar-refractivity contribution >= 4 is 57.4 Å². The van der Waals surface area contributed by atoms with Gasteiger partial charge in [-0.3, -0.25) is 4.79 Å². The Kier molecular flexibility index (Phi) is 8.28. The number of aromatic hydroxyl groups is 1. The van der Waals surface area contributed by atoms with Crippen molar-refractivity contribution in [2.45, 2.75) is 17.5 Å². The molecule has 3 aromatic rings. The number of carbonyl (C=O) groups is 1. The van der Waals surface area contributed by atoms with Gasteiger partial charge in [-0.15, -0.1) is 0 Å². The molecular weight excluding hydrogens is 552 g/mol. The van der Waals surface area contributed by atoms with E-state index in [1.54, 1.807) is 18.2 Å². The Morgan fingerprint density at radius 2 is 1.90 bits per heavy atom. The predicted octanol–water partition coefficient (Wildman–Crippen LogP) is 6.73. The summed E-state index contributed by atoms with van der Waals surface area (Å²) < 4.78 is 11.7. The van der Waals surface area contributed by atoms with Crippen LogP contribution in [0.15, 0.2) is 60.7 Å². The fourth-order valence-corrected chi connectivity index (χ4v) is 3.46. The number of phenolic OH excluding ortho intramolecular Hbond substituents is 1. The number of carbonyl (C=O) groups excluding carboxylic acids is 1. The summed E-state index contributed by atoms with van der Waals surface area (Å²) in [5, 5.41) is 13.3. The average molecular weight is 572 g/mol. The van der Waals surface area contributed by atoms with E-state index in [1.807, 2.05) is 31.2 Å². The third-order valence-electron chi connectivity index (χ3n) is 4.29. The van der Waals surface area contributed by atoms with Gasteiger partial charge in [0.1, 0.15) is 21.4 Å². The lowest BCUT2D eigenvalue weighted by Gasteiger charge is -2.14. The third kappa shape index (κ3) is 6.66. The van der Waals surface area contributed by atoms with Crippen molar-refractivity contribution in [3.63, 3.8) is 0 Å². The lowest BCUT2D eigenvalue weighted by Crippen LogP contribution is -2.13. The first-order chi connectivity index (χ1) is 14.8.